The first-order valence-electron chi connectivity index (χ1n) is 9.86. The zero-order valence-corrected chi connectivity index (χ0v) is 17.9. The second-order valence-corrected chi connectivity index (χ2v) is 8.03. The maximum atomic E-state index is 12.1. The second-order valence-electron chi connectivity index (χ2n) is 8.03. The van der Waals surface area contributed by atoms with Gasteiger partial charge in [0, 0.05) is 34.5 Å². The highest BCUT2D eigenvalue weighted by atomic mass is 16.6. The van der Waals surface area contributed by atoms with Crippen molar-refractivity contribution in [1.29, 1.82) is 0 Å². The molecule has 0 fully saturated rings. The SMILES string of the molecule is CC(C)(C)OC(=O)Nc1ccc(Nc2ccc3cnccc3c2NC(=O)CC(=O)O)cc1. The number of fused-ring (bicyclic) bond motifs is 1. The minimum Gasteiger partial charge on any atom is -0.481 e. The zero-order valence-electron chi connectivity index (χ0n) is 17.9. The van der Waals surface area contributed by atoms with E-state index >= 15 is 0 Å². The predicted molar refractivity (Wildman–Crippen MR) is 122 cm³/mol. The van der Waals surface area contributed by atoms with Gasteiger partial charge < -0.3 is 20.5 Å². The molecule has 0 atom stereocenters. The number of hydrogen-bond donors (Lipinski definition) is 4. The fourth-order valence-corrected chi connectivity index (χ4v) is 2.94. The third kappa shape index (κ3) is 6.18. The summed E-state index contributed by atoms with van der Waals surface area (Å²) in [4.78, 5) is 39.0. The van der Waals surface area contributed by atoms with Crippen molar-refractivity contribution in [3.8, 4) is 0 Å². The van der Waals surface area contributed by atoms with Gasteiger partial charge in [-0.3, -0.25) is 19.9 Å². The number of ether oxygens (including phenoxy) is 1. The average Bonchev–Trinajstić information content (AvgIpc) is 2.69. The first-order valence-corrected chi connectivity index (χ1v) is 9.86. The Morgan fingerprint density at radius 2 is 1.66 bits per heavy atom. The third-order valence-electron chi connectivity index (χ3n) is 4.21. The van der Waals surface area contributed by atoms with Crippen molar-refractivity contribution in [3.05, 3.63) is 54.9 Å². The molecule has 0 radical (unpaired) electrons. The Hall–Kier alpha value is -4.14. The molecular weight excluding hydrogens is 412 g/mol. The topological polar surface area (TPSA) is 130 Å². The Labute approximate surface area is 184 Å². The van der Waals surface area contributed by atoms with Gasteiger partial charge in [-0.1, -0.05) is 6.07 Å². The molecule has 0 aliphatic rings. The number of nitrogens with zero attached hydrogens (tertiary/aromatic N) is 1. The second kappa shape index (κ2) is 9.34. The van der Waals surface area contributed by atoms with Crippen LogP contribution in [-0.4, -0.2) is 33.7 Å². The lowest BCUT2D eigenvalue weighted by atomic mass is 10.1. The first-order chi connectivity index (χ1) is 15.1. The number of anilines is 4. The Bertz CT molecular complexity index is 1150. The van der Waals surface area contributed by atoms with Crippen LogP contribution in [-0.2, 0) is 14.3 Å². The Morgan fingerprint density at radius 3 is 2.31 bits per heavy atom. The van der Waals surface area contributed by atoms with Crippen molar-refractivity contribution in [2.45, 2.75) is 32.8 Å². The summed E-state index contributed by atoms with van der Waals surface area (Å²) in [6.45, 7) is 5.35. The van der Waals surface area contributed by atoms with E-state index in [2.05, 4.69) is 20.9 Å². The Kier molecular flexibility index (Phi) is 6.58. The van der Waals surface area contributed by atoms with Gasteiger partial charge in [-0.05, 0) is 57.2 Å². The molecule has 9 nitrogen and oxygen atoms in total. The van der Waals surface area contributed by atoms with Gasteiger partial charge in [-0.25, -0.2) is 4.79 Å². The van der Waals surface area contributed by atoms with Crippen LogP contribution in [0.25, 0.3) is 10.8 Å². The van der Waals surface area contributed by atoms with Gasteiger partial charge in [-0.15, -0.1) is 0 Å². The number of aromatic nitrogens is 1. The summed E-state index contributed by atoms with van der Waals surface area (Å²) < 4.78 is 5.24. The fourth-order valence-electron chi connectivity index (χ4n) is 2.94. The number of carboxylic acid groups (broad SMARTS) is 1. The fraction of sp³-hybridized carbons (Fsp3) is 0.217. The molecule has 166 valence electrons. The van der Waals surface area contributed by atoms with Crippen LogP contribution < -0.4 is 16.0 Å². The highest BCUT2D eigenvalue weighted by molar-refractivity contribution is 6.10. The van der Waals surface area contributed by atoms with E-state index in [-0.39, 0.29) is 0 Å². The average molecular weight is 436 g/mol. The Morgan fingerprint density at radius 1 is 0.969 bits per heavy atom. The van der Waals surface area contributed by atoms with Gasteiger partial charge in [0.1, 0.15) is 12.0 Å². The molecule has 32 heavy (non-hydrogen) atoms. The molecule has 0 aliphatic carbocycles. The van der Waals surface area contributed by atoms with Crippen LogP contribution in [0.3, 0.4) is 0 Å². The van der Waals surface area contributed by atoms with Crippen LogP contribution in [0, 0.1) is 0 Å². The minimum absolute atomic E-state index is 0.451. The number of carboxylic acids is 1. The maximum absolute atomic E-state index is 12.1. The number of carbonyl (C=O) groups is 3. The molecule has 3 aromatic rings. The molecule has 0 unspecified atom stereocenters. The molecule has 0 spiro atoms. The molecule has 3 rings (SSSR count). The molecule has 0 saturated carbocycles. The van der Waals surface area contributed by atoms with E-state index in [0.29, 0.717) is 28.1 Å². The van der Waals surface area contributed by atoms with Gasteiger partial charge in [0.05, 0.1) is 11.4 Å². The summed E-state index contributed by atoms with van der Waals surface area (Å²) in [5, 5.41) is 19.0. The lowest BCUT2D eigenvalue weighted by molar-refractivity contribution is -0.139. The van der Waals surface area contributed by atoms with E-state index in [9.17, 15) is 14.4 Å². The van der Waals surface area contributed by atoms with Crippen LogP contribution in [0.15, 0.2) is 54.9 Å². The van der Waals surface area contributed by atoms with Gasteiger partial charge >= 0.3 is 12.1 Å². The maximum Gasteiger partial charge on any atom is 0.412 e. The van der Waals surface area contributed by atoms with E-state index < -0.39 is 30.0 Å². The van der Waals surface area contributed by atoms with E-state index in [1.165, 1.54) is 0 Å². The van der Waals surface area contributed by atoms with Crippen molar-refractivity contribution in [3.63, 3.8) is 0 Å². The van der Waals surface area contributed by atoms with Crippen LogP contribution in [0.1, 0.15) is 27.2 Å². The molecule has 2 aromatic carbocycles. The largest absolute Gasteiger partial charge is 0.481 e. The van der Waals surface area contributed by atoms with Gasteiger partial charge in [0.25, 0.3) is 0 Å². The first kappa shape index (κ1) is 22.5. The molecule has 4 N–H and O–H groups in total. The zero-order chi connectivity index (χ0) is 23.3. The molecule has 0 saturated heterocycles. The normalized spacial score (nSPS) is 11.0. The summed E-state index contributed by atoms with van der Waals surface area (Å²) >= 11 is 0. The van der Waals surface area contributed by atoms with Crippen molar-refractivity contribution < 1.29 is 24.2 Å². The molecule has 0 bridgehead atoms. The van der Waals surface area contributed by atoms with Crippen molar-refractivity contribution in [2.75, 3.05) is 16.0 Å². The highest BCUT2D eigenvalue weighted by Gasteiger charge is 2.17. The van der Waals surface area contributed by atoms with Crippen LogP contribution in [0.4, 0.5) is 27.5 Å². The number of carbonyl (C=O) groups excluding carboxylic acids is 2. The Balaban J connectivity index is 1.82. The monoisotopic (exact) mass is 436 g/mol. The molecule has 1 heterocycles. The van der Waals surface area contributed by atoms with E-state index in [4.69, 9.17) is 9.84 Å². The summed E-state index contributed by atoms with van der Waals surface area (Å²) in [7, 11) is 0. The number of rotatable bonds is 6. The number of hydrogen-bond acceptors (Lipinski definition) is 6. The lowest BCUT2D eigenvalue weighted by Crippen LogP contribution is -2.27. The summed E-state index contributed by atoms with van der Waals surface area (Å²) in [5.74, 6) is -1.85. The highest BCUT2D eigenvalue weighted by Crippen LogP contribution is 2.33. The van der Waals surface area contributed by atoms with Crippen molar-refractivity contribution in [1.82, 2.24) is 4.98 Å². The van der Waals surface area contributed by atoms with Gasteiger partial charge in [0.15, 0.2) is 0 Å². The van der Waals surface area contributed by atoms with E-state index in [1.54, 1.807) is 69.6 Å². The number of amides is 2. The van der Waals surface area contributed by atoms with Crippen LogP contribution in [0.2, 0.25) is 0 Å². The predicted octanol–water partition coefficient (Wildman–Crippen LogP) is 4.74. The van der Waals surface area contributed by atoms with E-state index in [0.717, 1.165) is 5.39 Å². The molecule has 9 heteroatoms. The number of nitrogens with one attached hydrogen (secondary N) is 3. The third-order valence-corrected chi connectivity index (χ3v) is 4.21. The van der Waals surface area contributed by atoms with E-state index in [1.807, 2.05) is 6.07 Å². The standard InChI is InChI=1S/C23H24N4O5/c1-23(2,3)32-22(31)26-16-7-5-15(6-8-16)25-18-9-4-14-13-24-11-10-17(14)21(18)27-19(28)12-20(29)30/h4-11,13,25H,12H2,1-3H3,(H,26,31)(H,27,28)(H,29,30). The van der Waals surface area contributed by atoms with Crippen molar-refractivity contribution in [2.24, 2.45) is 0 Å². The van der Waals surface area contributed by atoms with Gasteiger partial charge in [0.2, 0.25) is 5.91 Å². The summed E-state index contributed by atoms with van der Waals surface area (Å²) in [6, 6.07) is 12.3. The quantitative estimate of drug-likeness (QED) is 0.411. The summed E-state index contributed by atoms with van der Waals surface area (Å²) in [6.07, 6.45) is 2.05. The number of pyridine rings is 1. The summed E-state index contributed by atoms with van der Waals surface area (Å²) in [5.41, 5.74) is 1.69. The minimum atomic E-state index is -1.22. The van der Waals surface area contributed by atoms with Crippen molar-refractivity contribution >= 4 is 51.5 Å². The van der Waals surface area contributed by atoms with Crippen LogP contribution >= 0.6 is 0 Å². The molecule has 2 amide bonds. The smallest absolute Gasteiger partial charge is 0.412 e. The molecule has 1 aromatic heterocycles. The number of aliphatic carboxylic acids is 1. The van der Waals surface area contributed by atoms with Crippen LogP contribution in [0.5, 0.6) is 0 Å². The number of benzene rings is 2. The molecule has 0 aliphatic heterocycles. The van der Waals surface area contributed by atoms with Gasteiger partial charge in [-0.2, -0.15) is 0 Å². The lowest BCUT2D eigenvalue weighted by Gasteiger charge is -2.20. The molecular formula is C23H24N4O5.